The molecular weight excluding hydrogens is 238 g/mol. The summed E-state index contributed by atoms with van der Waals surface area (Å²) < 4.78 is 8.18. The normalized spacial score (nSPS) is 14.5. The van der Waals surface area contributed by atoms with Gasteiger partial charge < -0.3 is 14.6 Å². The summed E-state index contributed by atoms with van der Waals surface area (Å²) >= 11 is 0. The molecule has 19 heavy (non-hydrogen) atoms. The zero-order chi connectivity index (χ0) is 14.1. The van der Waals surface area contributed by atoms with Gasteiger partial charge in [0.05, 0.1) is 12.1 Å². The van der Waals surface area contributed by atoms with Crippen LogP contribution < -0.4 is 5.32 Å². The molecule has 0 fully saturated rings. The second kappa shape index (κ2) is 9.10. The van der Waals surface area contributed by atoms with Crippen molar-refractivity contribution in [3.63, 3.8) is 0 Å². The highest BCUT2D eigenvalue weighted by Gasteiger charge is 2.25. The van der Waals surface area contributed by atoms with Crippen molar-refractivity contribution in [2.45, 2.75) is 65.6 Å². The topological polar surface area (TPSA) is 39.1 Å². The molecule has 1 aromatic heterocycles. The van der Waals surface area contributed by atoms with E-state index in [1.54, 1.807) is 0 Å². The molecule has 1 aromatic rings. The van der Waals surface area contributed by atoms with Crippen LogP contribution in [0.5, 0.6) is 0 Å². The second-order valence-electron chi connectivity index (χ2n) is 4.80. The summed E-state index contributed by atoms with van der Waals surface area (Å²) in [5.41, 5.74) is 0. The first-order valence-corrected chi connectivity index (χ1v) is 7.64. The predicted octanol–water partition coefficient (Wildman–Crippen LogP) is 3.15. The minimum atomic E-state index is 0.187. The maximum Gasteiger partial charge on any atom is 0.128 e. The Balaban J connectivity index is 2.92. The second-order valence-corrected chi connectivity index (χ2v) is 4.80. The molecule has 4 heteroatoms. The van der Waals surface area contributed by atoms with E-state index in [9.17, 15) is 0 Å². The zero-order valence-electron chi connectivity index (χ0n) is 12.9. The summed E-state index contributed by atoms with van der Waals surface area (Å²) in [4.78, 5) is 4.56. The summed E-state index contributed by atoms with van der Waals surface area (Å²) in [5, 5.41) is 3.55. The average Bonchev–Trinajstić information content (AvgIpc) is 2.84. The molecule has 110 valence electrons. The number of aromatic nitrogens is 2. The van der Waals surface area contributed by atoms with Crippen LogP contribution in [0, 0.1) is 0 Å². The highest BCUT2D eigenvalue weighted by molar-refractivity contribution is 5.02. The van der Waals surface area contributed by atoms with Gasteiger partial charge in [0.1, 0.15) is 5.82 Å². The molecule has 0 aliphatic rings. The van der Waals surface area contributed by atoms with Gasteiger partial charge in [-0.15, -0.1) is 0 Å². The molecule has 1 rings (SSSR count). The van der Waals surface area contributed by atoms with Gasteiger partial charge in [0.2, 0.25) is 0 Å². The van der Waals surface area contributed by atoms with Crippen molar-refractivity contribution in [3.8, 4) is 0 Å². The van der Waals surface area contributed by atoms with Gasteiger partial charge in [0.15, 0.2) is 0 Å². The molecule has 1 N–H and O–H groups in total. The fourth-order valence-electron chi connectivity index (χ4n) is 2.48. The lowest BCUT2D eigenvalue weighted by Gasteiger charge is -2.27. The molecule has 0 spiro atoms. The van der Waals surface area contributed by atoms with E-state index in [0.29, 0.717) is 0 Å². The molecule has 2 unspecified atom stereocenters. The Hall–Kier alpha value is -0.870. The number of likely N-dealkylation sites (N-methyl/N-ethyl adjacent to an activating group) is 1. The molecule has 0 amide bonds. The third-order valence-electron chi connectivity index (χ3n) is 3.24. The number of imidazole rings is 1. The van der Waals surface area contributed by atoms with Crippen LogP contribution in [0.1, 0.15) is 58.8 Å². The number of rotatable bonds is 10. The van der Waals surface area contributed by atoms with Gasteiger partial charge >= 0.3 is 0 Å². The molecule has 0 aliphatic carbocycles. The van der Waals surface area contributed by atoms with E-state index in [-0.39, 0.29) is 12.1 Å². The monoisotopic (exact) mass is 267 g/mol. The van der Waals surface area contributed by atoms with Crippen LogP contribution in [-0.4, -0.2) is 28.8 Å². The first-order valence-electron chi connectivity index (χ1n) is 7.64. The third kappa shape index (κ3) is 4.62. The molecule has 1 heterocycles. The molecular formula is C15H29N3O. The summed E-state index contributed by atoms with van der Waals surface area (Å²) in [6, 6.07) is 0.187. The average molecular weight is 267 g/mol. The molecule has 0 aromatic carbocycles. The number of ether oxygens (including phenoxy) is 1. The van der Waals surface area contributed by atoms with E-state index >= 15 is 0 Å². The molecule has 0 saturated heterocycles. The first kappa shape index (κ1) is 16.2. The summed E-state index contributed by atoms with van der Waals surface area (Å²) in [7, 11) is 0. The van der Waals surface area contributed by atoms with Crippen LogP contribution in [0.25, 0.3) is 0 Å². The van der Waals surface area contributed by atoms with Crippen LogP contribution in [0.3, 0.4) is 0 Å². The Labute approximate surface area is 117 Å². The predicted molar refractivity (Wildman–Crippen MR) is 79.3 cm³/mol. The number of hydrogen-bond donors (Lipinski definition) is 1. The third-order valence-corrected chi connectivity index (χ3v) is 3.24. The smallest absolute Gasteiger partial charge is 0.128 e. The van der Waals surface area contributed by atoms with Crippen LogP contribution in [0.2, 0.25) is 0 Å². The van der Waals surface area contributed by atoms with Crippen molar-refractivity contribution in [1.29, 1.82) is 0 Å². The Morgan fingerprint density at radius 1 is 1.26 bits per heavy atom. The molecule has 0 aliphatic heterocycles. The lowest BCUT2D eigenvalue weighted by Crippen LogP contribution is -2.36. The van der Waals surface area contributed by atoms with Gasteiger partial charge in [-0.3, -0.25) is 0 Å². The fraction of sp³-hybridized carbons (Fsp3) is 0.800. The van der Waals surface area contributed by atoms with Crippen molar-refractivity contribution < 1.29 is 4.74 Å². The Kier molecular flexibility index (Phi) is 7.75. The van der Waals surface area contributed by atoms with Crippen molar-refractivity contribution >= 4 is 0 Å². The van der Waals surface area contributed by atoms with Crippen LogP contribution in [-0.2, 0) is 11.3 Å². The summed E-state index contributed by atoms with van der Waals surface area (Å²) in [5.74, 6) is 1.11. The van der Waals surface area contributed by atoms with Crippen LogP contribution in [0.15, 0.2) is 12.4 Å². The molecule has 0 bridgehead atoms. The molecule has 0 radical (unpaired) electrons. The maximum absolute atomic E-state index is 5.94. The Bertz CT molecular complexity index is 332. The van der Waals surface area contributed by atoms with Gasteiger partial charge in [-0.05, 0) is 26.3 Å². The largest absolute Gasteiger partial charge is 0.376 e. The van der Waals surface area contributed by atoms with E-state index in [0.717, 1.165) is 44.8 Å². The molecule has 0 saturated carbocycles. The van der Waals surface area contributed by atoms with Gasteiger partial charge in [-0.2, -0.15) is 0 Å². The van der Waals surface area contributed by atoms with Crippen LogP contribution >= 0.6 is 0 Å². The van der Waals surface area contributed by atoms with Gasteiger partial charge in [0.25, 0.3) is 0 Å². The van der Waals surface area contributed by atoms with E-state index in [4.69, 9.17) is 4.74 Å². The van der Waals surface area contributed by atoms with Crippen LogP contribution in [0.4, 0.5) is 0 Å². The lowest BCUT2D eigenvalue weighted by molar-refractivity contribution is 0.0249. The zero-order valence-corrected chi connectivity index (χ0v) is 12.9. The Morgan fingerprint density at radius 3 is 2.63 bits per heavy atom. The van der Waals surface area contributed by atoms with E-state index < -0.39 is 0 Å². The standard InChI is InChI=1S/C15H29N3O/c1-5-9-13(19-8-4)14(16-7-3)15-17-10-12-18(15)11-6-2/h10,12-14,16H,5-9,11H2,1-4H3. The minimum Gasteiger partial charge on any atom is -0.376 e. The quantitative estimate of drug-likeness (QED) is 0.708. The lowest BCUT2D eigenvalue weighted by atomic mass is 10.0. The Morgan fingerprint density at radius 2 is 2.05 bits per heavy atom. The molecule has 2 atom stereocenters. The molecule has 4 nitrogen and oxygen atoms in total. The van der Waals surface area contributed by atoms with Gasteiger partial charge in [-0.1, -0.05) is 27.2 Å². The maximum atomic E-state index is 5.94. The van der Waals surface area contributed by atoms with Crippen molar-refractivity contribution in [1.82, 2.24) is 14.9 Å². The van der Waals surface area contributed by atoms with E-state index in [1.165, 1.54) is 0 Å². The minimum absolute atomic E-state index is 0.187. The number of aryl methyl sites for hydroxylation is 1. The number of nitrogens with one attached hydrogen (secondary N) is 1. The summed E-state index contributed by atoms with van der Waals surface area (Å²) in [6.45, 7) is 11.3. The van der Waals surface area contributed by atoms with Gasteiger partial charge in [-0.25, -0.2) is 4.98 Å². The van der Waals surface area contributed by atoms with Crippen molar-refractivity contribution in [2.24, 2.45) is 0 Å². The van der Waals surface area contributed by atoms with Crippen molar-refractivity contribution in [3.05, 3.63) is 18.2 Å². The number of hydrogen-bond acceptors (Lipinski definition) is 3. The van der Waals surface area contributed by atoms with Gasteiger partial charge in [0, 0.05) is 25.5 Å². The van der Waals surface area contributed by atoms with Crippen molar-refractivity contribution in [2.75, 3.05) is 13.2 Å². The fourth-order valence-corrected chi connectivity index (χ4v) is 2.48. The summed E-state index contributed by atoms with van der Waals surface area (Å²) in [6.07, 6.45) is 7.47. The van der Waals surface area contributed by atoms with E-state index in [2.05, 4.69) is 48.8 Å². The highest BCUT2D eigenvalue weighted by Crippen LogP contribution is 2.22. The SMILES string of the molecule is CCCC(OCC)C(NCC)c1nccn1CCC. The van der Waals surface area contributed by atoms with E-state index in [1.807, 2.05) is 6.20 Å². The first-order chi connectivity index (χ1) is 9.28. The highest BCUT2D eigenvalue weighted by atomic mass is 16.5. The number of nitrogens with zero attached hydrogens (tertiary/aromatic N) is 2.